The van der Waals surface area contributed by atoms with Crippen molar-refractivity contribution in [3.05, 3.63) is 0 Å². The lowest BCUT2D eigenvalue weighted by molar-refractivity contribution is -0.295. The molecule has 1 saturated carbocycles. The smallest absolute Gasteiger partial charge is 0.456 e. The lowest BCUT2D eigenvalue weighted by Crippen LogP contribution is -2.48. The SMILES string of the molecule is CCC1(OC(=O)C(C)(CC)CC(C)(CC(C)(CC)C(=O)OCC(=O)O)C(=O)OCC(F)(F)C(F)(F)F)CCCC1. The third-order valence-corrected chi connectivity index (χ3v) is 8.19. The molecule has 1 rings (SSSR count). The van der Waals surface area contributed by atoms with Gasteiger partial charge in [-0.1, -0.05) is 20.8 Å². The summed E-state index contributed by atoms with van der Waals surface area (Å²) >= 11 is 0. The van der Waals surface area contributed by atoms with E-state index in [4.69, 9.17) is 14.6 Å². The Labute approximate surface area is 231 Å². The first kappa shape index (κ1) is 35.6. The number of hydrogen-bond donors (Lipinski definition) is 1. The van der Waals surface area contributed by atoms with E-state index in [0.29, 0.717) is 19.3 Å². The first-order valence-corrected chi connectivity index (χ1v) is 13.4. The second-order valence-corrected chi connectivity index (χ2v) is 11.6. The van der Waals surface area contributed by atoms with Gasteiger partial charge in [0.25, 0.3) is 0 Å². The molecule has 232 valence electrons. The molecule has 8 nitrogen and oxygen atoms in total. The lowest BCUT2D eigenvalue weighted by atomic mass is 9.64. The predicted octanol–water partition coefficient (Wildman–Crippen LogP) is 6.24. The van der Waals surface area contributed by atoms with E-state index in [1.807, 2.05) is 6.92 Å². The number of halogens is 5. The molecule has 0 saturated heterocycles. The molecular formula is C27H41F5O8. The highest BCUT2D eigenvalue weighted by atomic mass is 19.4. The monoisotopic (exact) mass is 588 g/mol. The topological polar surface area (TPSA) is 116 Å². The molecule has 1 aliphatic rings. The zero-order valence-corrected chi connectivity index (χ0v) is 24.0. The number of carbonyl (C=O) groups is 4. The van der Waals surface area contributed by atoms with E-state index in [1.165, 1.54) is 27.7 Å². The highest BCUT2D eigenvalue weighted by Gasteiger charge is 2.59. The first-order chi connectivity index (χ1) is 18.1. The van der Waals surface area contributed by atoms with Crippen molar-refractivity contribution in [1.29, 1.82) is 0 Å². The van der Waals surface area contributed by atoms with Gasteiger partial charge in [0, 0.05) is 0 Å². The molecule has 0 radical (unpaired) electrons. The molecule has 0 spiro atoms. The van der Waals surface area contributed by atoms with Gasteiger partial charge in [0.2, 0.25) is 0 Å². The molecule has 0 heterocycles. The summed E-state index contributed by atoms with van der Waals surface area (Å²) in [7, 11) is 0. The zero-order valence-electron chi connectivity index (χ0n) is 24.0. The second-order valence-electron chi connectivity index (χ2n) is 11.6. The minimum Gasteiger partial charge on any atom is -0.479 e. The summed E-state index contributed by atoms with van der Waals surface area (Å²) in [6.07, 6.45) is -3.23. The Morgan fingerprint density at radius 1 is 0.750 bits per heavy atom. The minimum absolute atomic E-state index is 0.0146. The minimum atomic E-state index is -5.97. The number of carbonyl (C=O) groups excluding carboxylic acids is 3. The van der Waals surface area contributed by atoms with Crippen LogP contribution in [-0.2, 0) is 33.4 Å². The summed E-state index contributed by atoms with van der Waals surface area (Å²) in [6, 6.07) is 0. The molecule has 3 unspecified atom stereocenters. The van der Waals surface area contributed by atoms with Gasteiger partial charge < -0.3 is 19.3 Å². The third-order valence-electron chi connectivity index (χ3n) is 8.19. The number of esters is 3. The molecule has 1 aliphatic carbocycles. The van der Waals surface area contributed by atoms with Crippen LogP contribution in [0, 0.1) is 16.2 Å². The number of aliphatic carboxylic acids is 1. The van der Waals surface area contributed by atoms with Crippen molar-refractivity contribution in [2.24, 2.45) is 16.2 Å². The number of ether oxygens (including phenoxy) is 3. The number of carboxylic acids is 1. The van der Waals surface area contributed by atoms with Crippen LogP contribution < -0.4 is 0 Å². The van der Waals surface area contributed by atoms with Crippen molar-refractivity contribution in [3.63, 3.8) is 0 Å². The summed E-state index contributed by atoms with van der Waals surface area (Å²) < 4.78 is 80.7. The molecule has 0 aromatic carbocycles. The predicted molar refractivity (Wildman–Crippen MR) is 132 cm³/mol. The quantitative estimate of drug-likeness (QED) is 0.136. The van der Waals surface area contributed by atoms with Crippen molar-refractivity contribution >= 4 is 23.9 Å². The van der Waals surface area contributed by atoms with E-state index in [2.05, 4.69) is 4.74 Å². The summed E-state index contributed by atoms with van der Waals surface area (Å²) in [5.74, 6) is -9.93. The molecular weight excluding hydrogens is 547 g/mol. The van der Waals surface area contributed by atoms with Crippen molar-refractivity contribution in [3.8, 4) is 0 Å². The number of alkyl halides is 5. The van der Waals surface area contributed by atoms with E-state index >= 15 is 0 Å². The van der Waals surface area contributed by atoms with E-state index in [0.717, 1.165) is 12.8 Å². The van der Waals surface area contributed by atoms with Crippen LogP contribution in [0.5, 0.6) is 0 Å². The maximum Gasteiger partial charge on any atom is 0.456 e. The molecule has 1 N–H and O–H groups in total. The molecule has 40 heavy (non-hydrogen) atoms. The normalized spacial score (nSPS) is 20.0. The van der Waals surface area contributed by atoms with Gasteiger partial charge >= 0.3 is 36.0 Å². The third kappa shape index (κ3) is 8.52. The molecule has 3 atom stereocenters. The van der Waals surface area contributed by atoms with Crippen molar-refractivity contribution in [1.82, 2.24) is 0 Å². The molecule has 1 fully saturated rings. The Bertz CT molecular complexity index is 930. The Balaban J connectivity index is 3.44. The molecule has 0 aliphatic heterocycles. The molecule has 0 amide bonds. The highest BCUT2D eigenvalue weighted by molar-refractivity contribution is 5.83. The largest absolute Gasteiger partial charge is 0.479 e. The Hall–Kier alpha value is -2.47. The zero-order chi connectivity index (χ0) is 31.2. The Kier molecular flexibility index (Phi) is 11.6. The van der Waals surface area contributed by atoms with Crippen LogP contribution in [0.4, 0.5) is 22.0 Å². The number of carboxylic acid groups (broad SMARTS) is 1. The standard InChI is InChI=1S/C27H41F5O8/c1-7-22(4,19(35)38-14-18(33)34)15-24(6,20(36)39-17-26(28,29)27(30,31)32)16-23(5,8-2)21(37)40-25(9-3)12-10-11-13-25/h7-17H2,1-6H3,(H,33,34). The van der Waals surface area contributed by atoms with Gasteiger partial charge in [0.05, 0.1) is 16.2 Å². The lowest BCUT2D eigenvalue weighted by Gasteiger charge is -2.42. The van der Waals surface area contributed by atoms with E-state index in [1.54, 1.807) is 6.92 Å². The average molecular weight is 589 g/mol. The average Bonchev–Trinajstić information content (AvgIpc) is 3.33. The Morgan fingerprint density at radius 3 is 1.60 bits per heavy atom. The highest BCUT2D eigenvalue weighted by Crippen LogP contribution is 2.48. The molecule has 0 aromatic rings. The van der Waals surface area contributed by atoms with Gasteiger partial charge in [-0.05, 0) is 78.6 Å². The van der Waals surface area contributed by atoms with Crippen molar-refractivity contribution < 1.29 is 60.4 Å². The summed E-state index contributed by atoms with van der Waals surface area (Å²) in [5, 5.41) is 8.87. The fraction of sp³-hybridized carbons (Fsp3) is 0.852. The van der Waals surface area contributed by atoms with E-state index < -0.39 is 83.9 Å². The van der Waals surface area contributed by atoms with Gasteiger partial charge in [-0.2, -0.15) is 22.0 Å². The maximum absolute atomic E-state index is 13.6. The van der Waals surface area contributed by atoms with E-state index in [9.17, 15) is 41.1 Å². The van der Waals surface area contributed by atoms with Gasteiger partial charge in [-0.25, -0.2) is 4.79 Å². The van der Waals surface area contributed by atoms with Crippen LogP contribution in [0.2, 0.25) is 0 Å². The second kappa shape index (κ2) is 13.0. The molecule has 13 heteroatoms. The van der Waals surface area contributed by atoms with Crippen molar-refractivity contribution in [2.75, 3.05) is 13.2 Å². The fourth-order valence-corrected chi connectivity index (χ4v) is 5.19. The molecule has 0 aromatic heterocycles. The number of rotatable bonds is 15. The van der Waals surface area contributed by atoms with Gasteiger partial charge in [0.15, 0.2) is 13.2 Å². The fourth-order valence-electron chi connectivity index (χ4n) is 5.19. The number of hydrogen-bond acceptors (Lipinski definition) is 7. The Morgan fingerprint density at radius 2 is 1.20 bits per heavy atom. The van der Waals surface area contributed by atoms with Crippen LogP contribution in [0.1, 0.15) is 99.3 Å². The van der Waals surface area contributed by atoms with Gasteiger partial charge in [-0.15, -0.1) is 0 Å². The van der Waals surface area contributed by atoms with E-state index in [-0.39, 0.29) is 12.8 Å². The van der Waals surface area contributed by atoms with Crippen molar-refractivity contribution in [2.45, 2.75) is 117 Å². The van der Waals surface area contributed by atoms with Crippen LogP contribution in [-0.4, -0.2) is 59.9 Å². The van der Waals surface area contributed by atoms with Gasteiger partial charge in [-0.3, -0.25) is 14.4 Å². The van der Waals surface area contributed by atoms with Crippen LogP contribution in [0.15, 0.2) is 0 Å². The maximum atomic E-state index is 13.6. The summed E-state index contributed by atoms with van der Waals surface area (Å²) in [4.78, 5) is 50.5. The van der Waals surface area contributed by atoms with Crippen LogP contribution in [0.25, 0.3) is 0 Å². The first-order valence-electron chi connectivity index (χ1n) is 13.4. The molecule has 0 bridgehead atoms. The van der Waals surface area contributed by atoms with Crippen LogP contribution >= 0.6 is 0 Å². The summed E-state index contributed by atoms with van der Waals surface area (Å²) in [6.45, 7) is 5.83. The summed E-state index contributed by atoms with van der Waals surface area (Å²) in [5.41, 5.74) is -5.64. The van der Waals surface area contributed by atoms with Gasteiger partial charge in [0.1, 0.15) is 5.60 Å². The van der Waals surface area contributed by atoms with Crippen LogP contribution in [0.3, 0.4) is 0 Å².